The topological polar surface area (TPSA) is 104 Å². The van der Waals surface area contributed by atoms with Crippen molar-refractivity contribution in [1.82, 2.24) is 24.8 Å². The Morgan fingerprint density at radius 3 is 2.53 bits per heavy atom. The van der Waals surface area contributed by atoms with Gasteiger partial charge in [0.2, 0.25) is 0 Å². The molecule has 2 aliphatic carbocycles. The lowest BCUT2D eigenvalue weighted by molar-refractivity contribution is -0.120. The van der Waals surface area contributed by atoms with Crippen LogP contribution in [0.25, 0.3) is 0 Å². The Labute approximate surface area is 319 Å². The number of rotatable bonds is 13. The summed E-state index contributed by atoms with van der Waals surface area (Å²) < 4.78 is 55.1. The monoisotopic (exact) mass is 756 g/mol. The van der Waals surface area contributed by atoms with Crippen LogP contribution in [-0.2, 0) is 13.0 Å². The Hall–Kier alpha value is -4.75. The van der Waals surface area contributed by atoms with E-state index in [-0.39, 0.29) is 41.5 Å². The van der Waals surface area contributed by atoms with Crippen LogP contribution in [0.5, 0.6) is 17.2 Å². The van der Waals surface area contributed by atoms with Crippen molar-refractivity contribution in [3.05, 3.63) is 102 Å². The number of nitrogens with zero attached hydrogens (tertiary/aromatic N) is 6. The van der Waals surface area contributed by atoms with Gasteiger partial charge in [0.15, 0.2) is 11.6 Å². The van der Waals surface area contributed by atoms with Crippen molar-refractivity contribution in [1.29, 1.82) is 0 Å². The molecule has 2 saturated carbocycles. The van der Waals surface area contributed by atoms with Crippen molar-refractivity contribution in [3.8, 4) is 17.2 Å². The Morgan fingerprint density at radius 2 is 1.80 bits per heavy atom. The van der Waals surface area contributed by atoms with Crippen molar-refractivity contribution < 1.29 is 32.5 Å². The first kappa shape index (κ1) is 37.2. The van der Waals surface area contributed by atoms with E-state index in [1.54, 1.807) is 13.8 Å². The van der Waals surface area contributed by atoms with Crippen LogP contribution in [0.2, 0.25) is 0 Å². The van der Waals surface area contributed by atoms with Gasteiger partial charge in [-0.2, -0.15) is 0 Å². The molecule has 4 aromatic rings. The zero-order valence-electron chi connectivity index (χ0n) is 31.2. The lowest BCUT2D eigenvalue weighted by Crippen LogP contribution is -2.65. The van der Waals surface area contributed by atoms with Crippen LogP contribution in [0.3, 0.4) is 0 Å². The molecule has 8 rings (SSSR count). The second-order valence-corrected chi connectivity index (χ2v) is 15.9. The van der Waals surface area contributed by atoms with Gasteiger partial charge in [-0.15, -0.1) is 0 Å². The smallest absolute Gasteiger partial charge is 0.258 e. The molecule has 1 unspecified atom stereocenters. The molecule has 1 N–H and O–H groups in total. The van der Waals surface area contributed by atoms with Crippen LogP contribution in [0, 0.1) is 11.2 Å². The second-order valence-electron chi connectivity index (χ2n) is 15.9. The number of hydrogen-bond acceptors (Lipinski definition) is 9. The van der Waals surface area contributed by atoms with Crippen LogP contribution in [-0.4, -0.2) is 86.1 Å². The summed E-state index contributed by atoms with van der Waals surface area (Å²) in [6.07, 6.45) is 8.09. The number of aliphatic hydroxyl groups is 1. The molecule has 2 aromatic carbocycles. The maximum Gasteiger partial charge on any atom is 0.258 e. The van der Waals surface area contributed by atoms with E-state index in [0.717, 1.165) is 74.9 Å². The molecule has 13 heteroatoms. The highest BCUT2D eigenvalue weighted by Gasteiger charge is 2.55. The van der Waals surface area contributed by atoms with Gasteiger partial charge in [0.05, 0.1) is 17.5 Å². The van der Waals surface area contributed by atoms with Crippen molar-refractivity contribution in [3.63, 3.8) is 0 Å². The summed E-state index contributed by atoms with van der Waals surface area (Å²) in [6.45, 7) is 6.81. The van der Waals surface area contributed by atoms with Crippen LogP contribution in [0.1, 0.15) is 85.6 Å². The molecular formula is C42H47F3N6O4. The number of carbonyl (C=O) groups excluding carboxylic acids is 1. The summed E-state index contributed by atoms with van der Waals surface area (Å²) in [5, 5.41) is 9.76. The SMILES string of the molecule is CC(C)N(C(=O)c1cc(F)ccc1Oc1cncnc1N1CC2(CC(Oc3ccnc4c3C(CCCO)N(Cc3ccccc3)CC4)C2)C1)C1CC(F)(F)C1. The number of ether oxygens (including phenoxy) is 2. The number of carbonyl (C=O) groups is 1. The second kappa shape index (κ2) is 15.1. The first-order chi connectivity index (χ1) is 26.5. The summed E-state index contributed by atoms with van der Waals surface area (Å²) in [7, 11) is 0. The number of aliphatic hydroxyl groups excluding tert-OH is 1. The summed E-state index contributed by atoms with van der Waals surface area (Å²) in [6, 6.07) is 15.2. The summed E-state index contributed by atoms with van der Waals surface area (Å²) in [5.74, 6) is -2.16. The Morgan fingerprint density at radius 1 is 1.02 bits per heavy atom. The standard InChI is InChI=1S/C42H47F3N6O4/c1-27(2)51(30-18-42(44,45)19-30)40(53)32-17-29(43)10-11-35(32)55-37-22-46-26-48-39(37)50-24-41(25-50)20-31(21-41)54-36-12-14-47-33-13-15-49(23-28-7-4-3-5-8-28)34(38(33)36)9-6-16-52/h3-5,7-8,10-12,14,17,22,26-27,30-31,34,52H,6,9,13,15-16,18-21,23-25H2,1-2H3. The fraction of sp³-hybridized carbons (Fsp3) is 0.476. The summed E-state index contributed by atoms with van der Waals surface area (Å²) >= 11 is 0. The van der Waals surface area contributed by atoms with E-state index in [2.05, 4.69) is 44.0 Å². The third-order valence-electron chi connectivity index (χ3n) is 11.6. The van der Waals surface area contributed by atoms with E-state index in [0.29, 0.717) is 18.0 Å². The molecule has 0 bridgehead atoms. The van der Waals surface area contributed by atoms with Gasteiger partial charge in [0, 0.05) is 87.3 Å². The van der Waals surface area contributed by atoms with E-state index in [1.807, 2.05) is 18.3 Å². The van der Waals surface area contributed by atoms with E-state index in [1.165, 1.54) is 35.1 Å². The van der Waals surface area contributed by atoms with Gasteiger partial charge in [-0.25, -0.2) is 23.1 Å². The van der Waals surface area contributed by atoms with Crippen molar-refractivity contribution in [2.45, 2.75) is 95.5 Å². The van der Waals surface area contributed by atoms with Crippen LogP contribution in [0.15, 0.2) is 73.3 Å². The third-order valence-corrected chi connectivity index (χ3v) is 11.6. The number of aromatic nitrogens is 3. The number of hydrogen-bond donors (Lipinski definition) is 1. The fourth-order valence-corrected chi connectivity index (χ4v) is 8.99. The highest BCUT2D eigenvalue weighted by Crippen LogP contribution is 2.53. The Balaban J connectivity index is 0.936. The molecule has 1 amide bonds. The lowest BCUT2D eigenvalue weighted by Gasteiger charge is -2.59. The van der Waals surface area contributed by atoms with Crippen LogP contribution in [0.4, 0.5) is 19.0 Å². The average molecular weight is 757 g/mol. The van der Waals surface area contributed by atoms with Crippen molar-refractivity contribution in [2.24, 2.45) is 5.41 Å². The maximum absolute atomic E-state index is 14.5. The fourth-order valence-electron chi connectivity index (χ4n) is 8.99. The van der Waals surface area contributed by atoms with Gasteiger partial charge in [0.25, 0.3) is 11.8 Å². The van der Waals surface area contributed by atoms with Gasteiger partial charge in [0.1, 0.15) is 29.7 Å². The van der Waals surface area contributed by atoms with E-state index in [4.69, 9.17) is 14.5 Å². The van der Waals surface area contributed by atoms with Gasteiger partial charge in [-0.1, -0.05) is 30.3 Å². The number of halogens is 3. The van der Waals surface area contributed by atoms with Crippen LogP contribution >= 0.6 is 0 Å². The first-order valence-electron chi connectivity index (χ1n) is 19.3. The number of benzene rings is 2. The average Bonchev–Trinajstić information content (AvgIpc) is 3.12. The number of alkyl halides is 2. The number of amides is 1. The largest absolute Gasteiger partial charge is 0.490 e. The van der Waals surface area contributed by atoms with Crippen molar-refractivity contribution in [2.75, 3.05) is 31.1 Å². The molecule has 3 fully saturated rings. The summed E-state index contributed by atoms with van der Waals surface area (Å²) in [4.78, 5) is 33.2. The molecule has 4 heterocycles. The predicted octanol–water partition coefficient (Wildman–Crippen LogP) is 7.37. The first-order valence-corrected chi connectivity index (χ1v) is 19.3. The summed E-state index contributed by atoms with van der Waals surface area (Å²) in [5.41, 5.74) is 3.46. The molecule has 1 atom stereocenters. The molecule has 290 valence electrons. The maximum atomic E-state index is 14.5. The number of anilines is 1. The molecule has 10 nitrogen and oxygen atoms in total. The molecule has 4 aliphatic rings. The Kier molecular flexibility index (Phi) is 10.2. The molecular weight excluding hydrogens is 709 g/mol. The molecule has 2 aliphatic heterocycles. The minimum atomic E-state index is -2.82. The van der Waals surface area contributed by atoms with E-state index in [9.17, 15) is 23.1 Å². The quantitative estimate of drug-likeness (QED) is 0.150. The van der Waals surface area contributed by atoms with Gasteiger partial charge < -0.3 is 24.4 Å². The predicted molar refractivity (Wildman–Crippen MR) is 200 cm³/mol. The molecule has 1 spiro atoms. The van der Waals surface area contributed by atoms with Gasteiger partial charge in [-0.3, -0.25) is 14.7 Å². The zero-order valence-corrected chi connectivity index (χ0v) is 31.2. The van der Waals surface area contributed by atoms with E-state index >= 15 is 0 Å². The zero-order chi connectivity index (χ0) is 38.3. The van der Waals surface area contributed by atoms with Gasteiger partial charge in [-0.05, 0) is 69.4 Å². The minimum Gasteiger partial charge on any atom is -0.490 e. The minimum absolute atomic E-state index is 0.0436. The third kappa shape index (κ3) is 7.60. The Bertz CT molecular complexity index is 2000. The van der Waals surface area contributed by atoms with Crippen molar-refractivity contribution >= 4 is 11.7 Å². The van der Waals surface area contributed by atoms with Crippen LogP contribution < -0.4 is 14.4 Å². The molecule has 1 saturated heterocycles. The number of fused-ring (bicyclic) bond motifs is 1. The lowest BCUT2D eigenvalue weighted by atomic mass is 9.61. The molecule has 55 heavy (non-hydrogen) atoms. The molecule has 0 radical (unpaired) electrons. The van der Waals surface area contributed by atoms with Gasteiger partial charge >= 0.3 is 0 Å². The highest BCUT2D eigenvalue weighted by atomic mass is 19.3. The normalized spacial score (nSPS) is 20.3. The highest BCUT2D eigenvalue weighted by molar-refractivity contribution is 5.97. The molecule has 2 aromatic heterocycles. The van der Waals surface area contributed by atoms with E-state index < -0.39 is 36.5 Å². The number of pyridine rings is 1.